The summed E-state index contributed by atoms with van der Waals surface area (Å²) in [5.41, 5.74) is 0.613. The average molecular weight is 298 g/mol. The highest BCUT2D eigenvalue weighted by Crippen LogP contribution is 2.22. The third-order valence-electron chi connectivity index (χ3n) is 2.45. The molecular weight excluding hydrogens is 287 g/mol. The lowest BCUT2D eigenvalue weighted by atomic mass is 9.80. The zero-order chi connectivity index (χ0) is 13.8. The molecule has 1 aromatic heterocycles. The lowest BCUT2D eigenvalue weighted by Gasteiger charge is -2.05. The van der Waals surface area contributed by atoms with Gasteiger partial charge in [0.15, 0.2) is 0 Å². The van der Waals surface area contributed by atoms with Crippen LogP contribution in [0.25, 0.3) is 0 Å². The highest BCUT2D eigenvalue weighted by atomic mass is 35.5. The number of rotatable bonds is 4. The first-order chi connectivity index (χ1) is 9.06. The minimum Gasteiger partial charge on any atom is -0.423 e. The van der Waals surface area contributed by atoms with E-state index >= 15 is 0 Å². The molecule has 1 heterocycles. The molecule has 0 aliphatic carbocycles. The Hall–Kier alpha value is -1.08. The number of pyridine rings is 1. The molecule has 2 N–H and O–H groups in total. The van der Waals surface area contributed by atoms with Crippen molar-refractivity contribution in [2.45, 2.75) is 10.8 Å². The molecular formula is C12H10BClFNO2S. The van der Waals surface area contributed by atoms with E-state index in [1.165, 1.54) is 30.1 Å². The van der Waals surface area contributed by atoms with Crippen molar-refractivity contribution in [3.63, 3.8) is 0 Å². The second kappa shape index (κ2) is 6.39. The average Bonchev–Trinajstić information content (AvgIpc) is 2.39. The van der Waals surface area contributed by atoms with Crippen LogP contribution in [0, 0.1) is 5.82 Å². The molecule has 0 aliphatic heterocycles. The summed E-state index contributed by atoms with van der Waals surface area (Å²) >= 11 is 7.10. The van der Waals surface area contributed by atoms with E-state index in [-0.39, 0.29) is 5.46 Å². The monoisotopic (exact) mass is 297 g/mol. The van der Waals surface area contributed by atoms with Gasteiger partial charge in [0.1, 0.15) is 5.82 Å². The van der Waals surface area contributed by atoms with Crippen LogP contribution in [0.15, 0.2) is 41.6 Å². The lowest BCUT2D eigenvalue weighted by molar-refractivity contribution is 0.425. The van der Waals surface area contributed by atoms with Crippen LogP contribution < -0.4 is 5.46 Å². The van der Waals surface area contributed by atoms with E-state index in [1.54, 1.807) is 12.1 Å². The second-order valence-electron chi connectivity index (χ2n) is 3.83. The molecule has 0 amide bonds. The lowest BCUT2D eigenvalue weighted by Crippen LogP contribution is -2.30. The Kier molecular flexibility index (Phi) is 4.82. The summed E-state index contributed by atoms with van der Waals surface area (Å²) in [6.45, 7) is 0. The van der Waals surface area contributed by atoms with Gasteiger partial charge in [-0.15, -0.1) is 11.8 Å². The van der Waals surface area contributed by atoms with Gasteiger partial charge in [0.05, 0.1) is 10.0 Å². The summed E-state index contributed by atoms with van der Waals surface area (Å²) < 4.78 is 13.7. The van der Waals surface area contributed by atoms with Crippen molar-refractivity contribution in [1.29, 1.82) is 0 Å². The van der Waals surface area contributed by atoms with Gasteiger partial charge in [-0.2, -0.15) is 0 Å². The van der Waals surface area contributed by atoms with Gasteiger partial charge in [0.2, 0.25) is 0 Å². The first-order valence-electron chi connectivity index (χ1n) is 5.45. The molecule has 2 rings (SSSR count). The summed E-state index contributed by atoms with van der Waals surface area (Å²) in [5.74, 6) is -0.0607. The van der Waals surface area contributed by atoms with E-state index < -0.39 is 12.9 Å². The molecule has 0 atom stereocenters. The number of hydrogen-bond donors (Lipinski definition) is 2. The SMILES string of the molecule is OB(O)c1ccc(CSc2ccc(Cl)cn2)c(F)c1. The van der Waals surface area contributed by atoms with Gasteiger partial charge in [-0.3, -0.25) is 0 Å². The fourth-order valence-electron chi connectivity index (χ4n) is 1.44. The van der Waals surface area contributed by atoms with Crippen molar-refractivity contribution in [3.8, 4) is 0 Å². The molecule has 0 radical (unpaired) electrons. The van der Waals surface area contributed by atoms with E-state index in [4.69, 9.17) is 21.6 Å². The third kappa shape index (κ3) is 3.94. The minimum atomic E-state index is -1.66. The van der Waals surface area contributed by atoms with Gasteiger partial charge in [-0.1, -0.05) is 23.7 Å². The summed E-state index contributed by atoms with van der Waals surface area (Å²) in [5, 5.41) is 19.2. The van der Waals surface area contributed by atoms with E-state index in [2.05, 4.69) is 4.98 Å². The van der Waals surface area contributed by atoms with Crippen LogP contribution in [0.4, 0.5) is 4.39 Å². The molecule has 0 aliphatic rings. The van der Waals surface area contributed by atoms with Crippen molar-refractivity contribution < 1.29 is 14.4 Å². The van der Waals surface area contributed by atoms with Crippen LogP contribution >= 0.6 is 23.4 Å². The predicted molar refractivity (Wildman–Crippen MR) is 75.0 cm³/mol. The van der Waals surface area contributed by atoms with Crippen LogP contribution in [-0.2, 0) is 5.75 Å². The third-order valence-corrected chi connectivity index (χ3v) is 3.67. The predicted octanol–water partition coefficient (Wildman–Crippen LogP) is 1.85. The highest BCUT2D eigenvalue weighted by molar-refractivity contribution is 7.98. The molecule has 98 valence electrons. The molecule has 1 aromatic carbocycles. The Morgan fingerprint density at radius 1 is 1.26 bits per heavy atom. The number of thioether (sulfide) groups is 1. The summed E-state index contributed by atoms with van der Waals surface area (Å²) in [6, 6.07) is 7.62. The zero-order valence-electron chi connectivity index (χ0n) is 9.75. The standard InChI is InChI=1S/C12H10BClFNO2S/c14-10-3-4-12(16-6-10)19-7-8-1-2-9(13(17)18)5-11(8)15/h1-6,17-18H,7H2. The second-order valence-corrected chi connectivity index (χ2v) is 5.26. The number of benzene rings is 1. The normalized spacial score (nSPS) is 10.5. The fourth-order valence-corrected chi connectivity index (χ4v) is 2.38. The van der Waals surface area contributed by atoms with E-state index in [1.807, 2.05) is 0 Å². The topological polar surface area (TPSA) is 53.4 Å². The first-order valence-corrected chi connectivity index (χ1v) is 6.81. The summed E-state index contributed by atoms with van der Waals surface area (Å²) in [6.07, 6.45) is 1.53. The van der Waals surface area contributed by atoms with Crippen LogP contribution in [0.2, 0.25) is 5.02 Å². The van der Waals surface area contributed by atoms with Crippen LogP contribution in [0.1, 0.15) is 5.56 Å². The smallest absolute Gasteiger partial charge is 0.423 e. The van der Waals surface area contributed by atoms with Crippen molar-refractivity contribution in [2.75, 3.05) is 0 Å². The zero-order valence-corrected chi connectivity index (χ0v) is 11.3. The Bertz CT molecular complexity index is 568. The number of halogens is 2. The molecule has 7 heteroatoms. The van der Waals surface area contributed by atoms with E-state index in [9.17, 15) is 4.39 Å². The van der Waals surface area contributed by atoms with Crippen LogP contribution in [0.3, 0.4) is 0 Å². The largest absolute Gasteiger partial charge is 0.488 e. The van der Waals surface area contributed by atoms with E-state index in [0.717, 1.165) is 11.1 Å². The fraction of sp³-hybridized carbons (Fsp3) is 0.0833. The summed E-state index contributed by atoms with van der Waals surface area (Å²) in [7, 11) is -1.66. The van der Waals surface area contributed by atoms with Gasteiger partial charge < -0.3 is 10.0 Å². The van der Waals surface area contributed by atoms with Crippen molar-refractivity contribution in [2.24, 2.45) is 0 Å². The number of hydrogen-bond acceptors (Lipinski definition) is 4. The molecule has 0 spiro atoms. The maximum Gasteiger partial charge on any atom is 0.488 e. The molecule has 0 bridgehead atoms. The van der Waals surface area contributed by atoms with Gasteiger partial charge in [-0.05, 0) is 29.2 Å². The first kappa shape index (κ1) is 14.3. The molecule has 2 aromatic rings. The van der Waals surface area contributed by atoms with Crippen LogP contribution in [-0.4, -0.2) is 22.2 Å². The molecule has 19 heavy (non-hydrogen) atoms. The maximum absolute atomic E-state index is 13.7. The number of aromatic nitrogens is 1. The maximum atomic E-state index is 13.7. The van der Waals surface area contributed by atoms with Crippen molar-refractivity contribution in [1.82, 2.24) is 4.98 Å². The van der Waals surface area contributed by atoms with Crippen LogP contribution in [0.5, 0.6) is 0 Å². The quantitative estimate of drug-likeness (QED) is 0.668. The van der Waals surface area contributed by atoms with Crippen molar-refractivity contribution >= 4 is 35.9 Å². The summed E-state index contributed by atoms with van der Waals surface area (Å²) in [4.78, 5) is 4.10. The van der Waals surface area contributed by atoms with Gasteiger partial charge in [-0.25, -0.2) is 9.37 Å². The van der Waals surface area contributed by atoms with Gasteiger partial charge >= 0.3 is 7.12 Å². The molecule has 0 unspecified atom stereocenters. The minimum absolute atomic E-state index is 0.135. The van der Waals surface area contributed by atoms with Gasteiger partial charge in [0, 0.05) is 11.9 Å². The molecule has 0 saturated heterocycles. The van der Waals surface area contributed by atoms with Gasteiger partial charge in [0.25, 0.3) is 0 Å². The number of nitrogens with zero attached hydrogens (tertiary/aromatic N) is 1. The Labute approximate surface area is 119 Å². The Morgan fingerprint density at radius 2 is 2.05 bits per heavy atom. The van der Waals surface area contributed by atoms with E-state index in [0.29, 0.717) is 16.3 Å². The molecule has 0 saturated carbocycles. The molecule has 0 fully saturated rings. The highest BCUT2D eigenvalue weighted by Gasteiger charge is 2.13. The Morgan fingerprint density at radius 3 is 2.63 bits per heavy atom. The van der Waals surface area contributed by atoms with Crippen molar-refractivity contribution in [3.05, 3.63) is 52.9 Å². The molecule has 3 nitrogen and oxygen atoms in total. The Balaban J connectivity index is 2.05.